The van der Waals surface area contributed by atoms with Gasteiger partial charge in [-0.25, -0.2) is 4.21 Å². The van der Waals surface area contributed by atoms with E-state index in [1.165, 1.54) is 0 Å². The van der Waals surface area contributed by atoms with E-state index >= 15 is 0 Å². The number of amides is 1. The van der Waals surface area contributed by atoms with Gasteiger partial charge < -0.3 is 4.90 Å². The summed E-state index contributed by atoms with van der Waals surface area (Å²) in [7, 11) is -0.585. The molecular weight excluding hydrogens is 212 g/mol. The van der Waals surface area contributed by atoms with Crippen molar-refractivity contribution < 1.29 is 9.00 Å². The Bertz CT molecular complexity index is 360. The van der Waals surface area contributed by atoms with Crippen LogP contribution in [0.4, 0.5) is 0 Å². The summed E-state index contributed by atoms with van der Waals surface area (Å²) in [5.74, 6) is 1.24. The minimum absolute atomic E-state index is 0.0445. The van der Waals surface area contributed by atoms with Crippen LogP contribution in [0.5, 0.6) is 0 Å². The third-order valence-electron chi connectivity index (χ3n) is 3.59. The lowest BCUT2D eigenvalue weighted by Gasteiger charge is -2.32. The van der Waals surface area contributed by atoms with Crippen molar-refractivity contribution in [2.24, 2.45) is 5.92 Å². The molecule has 1 heterocycles. The van der Waals surface area contributed by atoms with Crippen LogP contribution in [0.25, 0.3) is 0 Å². The number of carbonyl (C=O) groups is 1. The first kappa shape index (κ1) is 10.9. The summed E-state index contributed by atoms with van der Waals surface area (Å²) >= 11 is 0. The van der Waals surface area contributed by atoms with Crippen molar-refractivity contribution in [3.05, 3.63) is 0 Å². The molecule has 86 valence electrons. The normalized spacial score (nSPS) is 36.2. The molecule has 1 N–H and O–H groups in total. The van der Waals surface area contributed by atoms with Crippen molar-refractivity contribution in [3.63, 3.8) is 0 Å². The number of hydrogen-bond acceptors (Lipinski definition) is 3. The first-order chi connectivity index (χ1) is 6.99. The zero-order valence-electron chi connectivity index (χ0n) is 9.07. The van der Waals surface area contributed by atoms with Gasteiger partial charge in [0, 0.05) is 34.5 Å². The van der Waals surface area contributed by atoms with Gasteiger partial charge in [-0.15, -0.1) is 0 Å². The smallest absolute Gasteiger partial charge is 0.225 e. The number of hydrogen-bond donors (Lipinski definition) is 1. The fourth-order valence-electron chi connectivity index (χ4n) is 2.23. The molecule has 1 saturated heterocycles. The number of nitrogens with one attached hydrogen (secondary N) is 1. The summed E-state index contributed by atoms with van der Waals surface area (Å²) < 4.78 is 19.0. The van der Waals surface area contributed by atoms with Gasteiger partial charge in [0.05, 0.1) is 5.75 Å². The minimum Gasteiger partial charge on any atom is -0.342 e. The molecule has 2 aliphatic rings. The summed E-state index contributed by atoms with van der Waals surface area (Å²) in [5, 5.41) is 0. The molecule has 1 amide bonds. The van der Waals surface area contributed by atoms with Crippen LogP contribution in [0.3, 0.4) is 0 Å². The molecule has 2 fully saturated rings. The van der Waals surface area contributed by atoms with Crippen LogP contribution >= 0.6 is 0 Å². The van der Waals surface area contributed by atoms with Gasteiger partial charge in [0.2, 0.25) is 5.91 Å². The maximum Gasteiger partial charge on any atom is 0.225 e. The van der Waals surface area contributed by atoms with Crippen LogP contribution in [0, 0.1) is 10.7 Å². The Morgan fingerprint density at radius 3 is 2.47 bits per heavy atom. The highest BCUT2D eigenvalue weighted by atomic mass is 32.2. The van der Waals surface area contributed by atoms with E-state index in [-0.39, 0.29) is 17.9 Å². The van der Waals surface area contributed by atoms with E-state index in [1.54, 1.807) is 11.9 Å². The molecule has 0 spiro atoms. The fourth-order valence-corrected chi connectivity index (χ4v) is 4.06. The fraction of sp³-hybridized carbons (Fsp3) is 0.900. The lowest BCUT2D eigenvalue weighted by molar-refractivity contribution is -0.138. The largest absolute Gasteiger partial charge is 0.342 e. The van der Waals surface area contributed by atoms with E-state index in [1.807, 2.05) is 0 Å². The molecule has 15 heavy (non-hydrogen) atoms. The van der Waals surface area contributed by atoms with Crippen molar-refractivity contribution in [2.45, 2.75) is 31.7 Å². The lowest BCUT2D eigenvalue weighted by atomic mass is 9.84. The lowest BCUT2D eigenvalue weighted by Crippen LogP contribution is -2.43. The molecule has 0 aromatic rings. The van der Waals surface area contributed by atoms with Crippen LogP contribution in [-0.4, -0.2) is 39.6 Å². The molecular formula is C10H18N2O2S. The van der Waals surface area contributed by atoms with Gasteiger partial charge in [-0.3, -0.25) is 9.57 Å². The van der Waals surface area contributed by atoms with Gasteiger partial charge in [-0.05, 0) is 19.3 Å². The summed E-state index contributed by atoms with van der Waals surface area (Å²) in [6, 6.07) is 0.0445. The van der Waals surface area contributed by atoms with Crippen LogP contribution in [0.2, 0.25) is 0 Å². The van der Waals surface area contributed by atoms with Gasteiger partial charge in [0.25, 0.3) is 0 Å². The zero-order chi connectivity index (χ0) is 11.1. The van der Waals surface area contributed by atoms with Gasteiger partial charge in [-0.1, -0.05) is 6.42 Å². The van der Waals surface area contributed by atoms with E-state index in [9.17, 15) is 9.00 Å². The second-order valence-electron chi connectivity index (χ2n) is 4.70. The van der Waals surface area contributed by atoms with Gasteiger partial charge in [0.1, 0.15) is 0 Å². The number of rotatable bonds is 2. The highest BCUT2D eigenvalue weighted by Gasteiger charge is 2.35. The molecule has 1 saturated carbocycles. The molecule has 4 nitrogen and oxygen atoms in total. The first-order valence-corrected chi connectivity index (χ1v) is 7.40. The zero-order valence-corrected chi connectivity index (χ0v) is 9.89. The SMILES string of the molecule is CN(C(=O)C1CCC1)C1CCS(=N)(=O)C1. The molecule has 2 rings (SSSR count). The summed E-state index contributed by atoms with van der Waals surface area (Å²) in [6.45, 7) is 0. The Hall–Kier alpha value is -0.580. The van der Waals surface area contributed by atoms with Crippen LogP contribution in [0.1, 0.15) is 25.7 Å². The highest BCUT2D eigenvalue weighted by molar-refractivity contribution is 7.92. The first-order valence-electron chi connectivity index (χ1n) is 5.50. The molecule has 5 heteroatoms. The Morgan fingerprint density at radius 1 is 1.40 bits per heavy atom. The van der Waals surface area contributed by atoms with Crippen molar-refractivity contribution in [3.8, 4) is 0 Å². The molecule has 1 aliphatic heterocycles. The quantitative estimate of drug-likeness (QED) is 0.771. The summed E-state index contributed by atoms with van der Waals surface area (Å²) in [6.07, 6.45) is 3.90. The summed E-state index contributed by atoms with van der Waals surface area (Å²) in [4.78, 5) is 13.6. The van der Waals surface area contributed by atoms with E-state index in [4.69, 9.17) is 4.78 Å². The predicted octanol–water partition coefficient (Wildman–Crippen LogP) is 1.06. The van der Waals surface area contributed by atoms with Crippen molar-refractivity contribution in [1.29, 1.82) is 4.78 Å². The predicted molar refractivity (Wildman–Crippen MR) is 59.1 cm³/mol. The second kappa shape index (κ2) is 3.77. The van der Waals surface area contributed by atoms with Crippen molar-refractivity contribution in [1.82, 2.24) is 4.90 Å². The second-order valence-corrected chi connectivity index (χ2v) is 7.07. The molecule has 2 unspecified atom stereocenters. The molecule has 1 aliphatic carbocycles. The molecule has 2 atom stereocenters. The summed E-state index contributed by atoms with van der Waals surface area (Å²) in [5.41, 5.74) is 0. The topological polar surface area (TPSA) is 61.2 Å². The van der Waals surface area contributed by atoms with Crippen molar-refractivity contribution in [2.75, 3.05) is 18.6 Å². The van der Waals surface area contributed by atoms with Crippen LogP contribution in [-0.2, 0) is 14.5 Å². The van der Waals surface area contributed by atoms with E-state index < -0.39 is 9.73 Å². The van der Waals surface area contributed by atoms with Crippen molar-refractivity contribution >= 4 is 15.6 Å². The number of nitrogens with zero attached hydrogens (tertiary/aromatic N) is 1. The molecule has 0 radical (unpaired) electrons. The monoisotopic (exact) mass is 230 g/mol. The molecule has 0 aromatic carbocycles. The van der Waals surface area contributed by atoms with E-state index in [2.05, 4.69) is 0 Å². The molecule has 0 bridgehead atoms. The van der Waals surface area contributed by atoms with Gasteiger partial charge in [0.15, 0.2) is 0 Å². The minimum atomic E-state index is -2.38. The van der Waals surface area contributed by atoms with Crippen LogP contribution < -0.4 is 0 Å². The average Bonchev–Trinajstić information content (AvgIpc) is 2.41. The highest BCUT2D eigenvalue weighted by Crippen LogP contribution is 2.29. The van der Waals surface area contributed by atoms with Crippen LogP contribution in [0.15, 0.2) is 0 Å². The van der Waals surface area contributed by atoms with Gasteiger partial charge >= 0.3 is 0 Å². The third-order valence-corrected chi connectivity index (χ3v) is 5.41. The number of carbonyl (C=O) groups excluding carboxylic acids is 1. The van der Waals surface area contributed by atoms with Gasteiger partial charge in [-0.2, -0.15) is 0 Å². The Morgan fingerprint density at radius 2 is 2.07 bits per heavy atom. The Kier molecular flexibility index (Phi) is 2.75. The average molecular weight is 230 g/mol. The molecule has 0 aromatic heterocycles. The maximum atomic E-state index is 11.9. The van der Waals surface area contributed by atoms with E-state index in [0.29, 0.717) is 11.5 Å². The Labute approximate surface area is 91.0 Å². The Balaban J connectivity index is 1.96. The van der Waals surface area contributed by atoms with E-state index in [0.717, 1.165) is 25.7 Å². The third kappa shape index (κ3) is 2.17. The standard InChI is InChI=1S/C10H18N2O2S/c1-12(10(13)8-3-2-4-8)9-5-6-15(11,14)7-9/h8-9,11H,2-7H2,1H3. The maximum absolute atomic E-state index is 11.9.